The molecule has 0 fully saturated rings. The maximum atomic E-state index is 11.0. The maximum Gasteiger partial charge on any atom is 0.336 e. The summed E-state index contributed by atoms with van der Waals surface area (Å²) in [6.07, 6.45) is 1.09. The highest BCUT2D eigenvalue weighted by Gasteiger charge is 2.13. The normalized spacial score (nSPS) is 8.78. The predicted octanol–water partition coefficient (Wildman–Crippen LogP) is 1.51. The Balaban J connectivity index is 3.44. The number of benzene rings is 1. The van der Waals surface area contributed by atoms with Gasteiger partial charge >= 0.3 is 11.9 Å². The molecule has 0 aliphatic carbocycles. The topological polar surface area (TPSA) is 122 Å². The van der Waals surface area contributed by atoms with Crippen LogP contribution >= 0.6 is 0 Å². The standard InChI is InChI=1S/C12H6N2O4/c13-5-7(6-14)3-8-1-2-9(11(15)16)4-10(8)12(17)18/h1-4H,(H,15,16)(H,17,18). The van der Waals surface area contributed by atoms with Crippen LogP contribution < -0.4 is 0 Å². The zero-order chi connectivity index (χ0) is 13.7. The third-order valence-electron chi connectivity index (χ3n) is 2.07. The Morgan fingerprint density at radius 3 is 2.17 bits per heavy atom. The lowest BCUT2D eigenvalue weighted by Gasteiger charge is -2.02. The molecule has 0 unspecified atom stereocenters. The molecule has 0 aliphatic rings. The van der Waals surface area contributed by atoms with E-state index in [1.165, 1.54) is 12.1 Å². The third kappa shape index (κ3) is 2.71. The van der Waals surface area contributed by atoms with Crippen molar-refractivity contribution in [3.05, 3.63) is 40.5 Å². The molecule has 0 saturated heterocycles. The van der Waals surface area contributed by atoms with Gasteiger partial charge in [-0.05, 0) is 23.8 Å². The quantitative estimate of drug-likeness (QED) is 0.774. The first-order chi connectivity index (χ1) is 8.49. The van der Waals surface area contributed by atoms with E-state index >= 15 is 0 Å². The van der Waals surface area contributed by atoms with Crippen LogP contribution in [0.4, 0.5) is 0 Å². The van der Waals surface area contributed by atoms with Crippen LogP contribution in [0.5, 0.6) is 0 Å². The lowest BCUT2D eigenvalue weighted by Crippen LogP contribution is -2.04. The smallest absolute Gasteiger partial charge is 0.336 e. The number of aromatic carboxylic acids is 2. The van der Waals surface area contributed by atoms with Gasteiger partial charge in [0.25, 0.3) is 0 Å². The molecule has 0 bridgehead atoms. The molecular formula is C12H6N2O4. The van der Waals surface area contributed by atoms with Crippen molar-refractivity contribution in [2.24, 2.45) is 0 Å². The fourth-order valence-electron chi connectivity index (χ4n) is 1.25. The van der Waals surface area contributed by atoms with Gasteiger partial charge in [-0.15, -0.1) is 0 Å². The predicted molar refractivity (Wildman–Crippen MR) is 59.6 cm³/mol. The molecule has 0 aliphatic heterocycles. The van der Waals surface area contributed by atoms with Crippen molar-refractivity contribution in [3.8, 4) is 12.1 Å². The average molecular weight is 242 g/mol. The van der Waals surface area contributed by atoms with Gasteiger partial charge in [0, 0.05) is 0 Å². The van der Waals surface area contributed by atoms with E-state index in [9.17, 15) is 9.59 Å². The second-order valence-corrected chi connectivity index (χ2v) is 3.19. The van der Waals surface area contributed by atoms with E-state index in [0.717, 1.165) is 12.1 Å². The summed E-state index contributed by atoms with van der Waals surface area (Å²) in [7, 11) is 0. The first kappa shape index (κ1) is 12.9. The SMILES string of the molecule is N#CC(C#N)=Cc1ccc(C(=O)O)cc1C(=O)O. The van der Waals surface area contributed by atoms with Crippen LogP contribution in [0.3, 0.4) is 0 Å². The Labute approximate surface area is 102 Å². The number of allylic oxidation sites excluding steroid dienone is 1. The van der Waals surface area contributed by atoms with Gasteiger partial charge in [-0.2, -0.15) is 10.5 Å². The molecule has 0 aromatic heterocycles. The van der Waals surface area contributed by atoms with Crippen LogP contribution in [0, 0.1) is 22.7 Å². The fraction of sp³-hybridized carbons (Fsp3) is 0. The van der Waals surface area contributed by atoms with Gasteiger partial charge < -0.3 is 10.2 Å². The van der Waals surface area contributed by atoms with E-state index in [4.69, 9.17) is 20.7 Å². The highest BCUT2D eigenvalue weighted by atomic mass is 16.4. The first-order valence-corrected chi connectivity index (χ1v) is 4.62. The zero-order valence-electron chi connectivity index (χ0n) is 8.91. The Bertz CT molecular complexity index is 616. The molecule has 18 heavy (non-hydrogen) atoms. The minimum absolute atomic E-state index is 0.102. The maximum absolute atomic E-state index is 11.0. The molecule has 0 amide bonds. The van der Waals surface area contributed by atoms with Gasteiger partial charge in [-0.25, -0.2) is 9.59 Å². The number of rotatable bonds is 3. The molecule has 88 valence electrons. The minimum Gasteiger partial charge on any atom is -0.478 e. The number of nitrogens with zero attached hydrogens (tertiary/aromatic N) is 2. The molecule has 0 spiro atoms. The number of hydrogen-bond acceptors (Lipinski definition) is 4. The van der Waals surface area contributed by atoms with E-state index in [1.54, 1.807) is 12.1 Å². The van der Waals surface area contributed by atoms with Crippen molar-refractivity contribution in [1.29, 1.82) is 10.5 Å². The number of carboxylic acids is 2. The largest absolute Gasteiger partial charge is 0.478 e. The van der Waals surface area contributed by atoms with E-state index < -0.39 is 11.9 Å². The summed E-state index contributed by atoms with van der Waals surface area (Å²) in [5, 5.41) is 34.8. The Kier molecular flexibility index (Phi) is 3.80. The molecule has 2 N–H and O–H groups in total. The molecule has 0 heterocycles. The highest BCUT2D eigenvalue weighted by molar-refractivity contribution is 5.97. The van der Waals surface area contributed by atoms with Gasteiger partial charge in [0.05, 0.1) is 11.1 Å². The van der Waals surface area contributed by atoms with Crippen molar-refractivity contribution in [3.63, 3.8) is 0 Å². The van der Waals surface area contributed by atoms with E-state index in [-0.39, 0.29) is 22.3 Å². The Hall–Kier alpha value is -3.12. The average Bonchev–Trinajstić information content (AvgIpc) is 2.35. The molecule has 0 saturated carbocycles. The van der Waals surface area contributed by atoms with Gasteiger partial charge in [0.2, 0.25) is 0 Å². The lowest BCUT2D eigenvalue weighted by molar-refractivity contribution is 0.0695. The minimum atomic E-state index is -1.33. The van der Waals surface area contributed by atoms with Crippen LogP contribution in [0.25, 0.3) is 6.08 Å². The van der Waals surface area contributed by atoms with E-state index in [2.05, 4.69) is 0 Å². The molecule has 6 nitrogen and oxygen atoms in total. The summed E-state index contributed by atoms with van der Waals surface area (Å²) in [6.45, 7) is 0. The molecular weight excluding hydrogens is 236 g/mol. The highest BCUT2D eigenvalue weighted by Crippen LogP contribution is 2.16. The fourth-order valence-corrected chi connectivity index (χ4v) is 1.25. The molecule has 1 rings (SSSR count). The summed E-state index contributed by atoms with van der Waals surface area (Å²) in [5.41, 5.74) is -0.621. The van der Waals surface area contributed by atoms with Gasteiger partial charge in [-0.3, -0.25) is 0 Å². The third-order valence-corrected chi connectivity index (χ3v) is 2.07. The molecule has 1 aromatic carbocycles. The first-order valence-electron chi connectivity index (χ1n) is 4.62. The lowest BCUT2D eigenvalue weighted by atomic mass is 10.0. The summed E-state index contributed by atoms with van der Waals surface area (Å²) < 4.78 is 0. The van der Waals surface area contributed by atoms with Crippen LogP contribution in [-0.4, -0.2) is 22.2 Å². The number of hydrogen-bond donors (Lipinski definition) is 2. The summed E-state index contributed by atoms with van der Waals surface area (Å²) in [6, 6.07) is 6.60. The second kappa shape index (κ2) is 5.28. The van der Waals surface area contributed by atoms with Gasteiger partial charge in [0.1, 0.15) is 17.7 Å². The van der Waals surface area contributed by atoms with Crippen molar-refractivity contribution in [1.82, 2.24) is 0 Å². The second-order valence-electron chi connectivity index (χ2n) is 3.19. The van der Waals surface area contributed by atoms with Crippen molar-refractivity contribution in [2.75, 3.05) is 0 Å². The summed E-state index contributed by atoms with van der Waals surface area (Å²) in [5.74, 6) is -2.59. The molecule has 6 heteroatoms. The molecule has 1 aromatic rings. The zero-order valence-corrected chi connectivity index (χ0v) is 8.91. The Morgan fingerprint density at radius 1 is 1.11 bits per heavy atom. The molecule has 0 atom stereocenters. The van der Waals surface area contributed by atoms with E-state index in [1.807, 2.05) is 0 Å². The number of nitriles is 2. The van der Waals surface area contributed by atoms with Crippen LogP contribution in [0.15, 0.2) is 23.8 Å². The summed E-state index contributed by atoms with van der Waals surface area (Å²) >= 11 is 0. The van der Waals surface area contributed by atoms with Crippen molar-refractivity contribution < 1.29 is 19.8 Å². The van der Waals surface area contributed by atoms with Gasteiger partial charge in [0.15, 0.2) is 0 Å². The van der Waals surface area contributed by atoms with Gasteiger partial charge in [-0.1, -0.05) is 6.07 Å². The Morgan fingerprint density at radius 2 is 1.72 bits per heavy atom. The van der Waals surface area contributed by atoms with Crippen LogP contribution in [-0.2, 0) is 0 Å². The van der Waals surface area contributed by atoms with E-state index in [0.29, 0.717) is 0 Å². The number of carbonyl (C=O) groups is 2. The monoisotopic (exact) mass is 242 g/mol. The van der Waals surface area contributed by atoms with Crippen molar-refractivity contribution >= 4 is 18.0 Å². The molecule has 0 radical (unpaired) electrons. The number of carboxylic acid groups (broad SMARTS) is 2. The van der Waals surface area contributed by atoms with Crippen molar-refractivity contribution in [2.45, 2.75) is 0 Å². The van der Waals surface area contributed by atoms with Crippen LogP contribution in [0.1, 0.15) is 26.3 Å². The summed E-state index contributed by atoms with van der Waals surface area (Å²) in [4.78, 5) is 21.7. The van der Waals surface area contributed by atoms with Crippen LogP contribution in [0.2, 0.25) is 0 Å².